The smallest absolute Gasteiger partial charge is 0.244 e. The fourth-order valence-electron chi connectivity index (χ4n) is 2.35. The fraction of sp³-hybridized carbons (Fsp3) is 0.562. The molecule has 0 aliphatic carbocycles. The quantitative estimate of drug-likeness (QED) is 0.847. The molecular formula is C16H21F2NO2. The standard InChI is InChI=1S/C16H21F2NO2/c1-15(2,14(17)18)9-13(20)19-10-16(3,4)21-12-8-6-5-7-11(12)19/h5-8,14H,9-10H2,1-4H3. The van der Waals surface area contributed by atoms with Crippen LogP contribution < -0.4 is 9.64 Å². The normalized spacial score (nSPS) is 17.4. The highest BCUT2D eigenvalue weighted by atomic mass is 19.3. The lowest BCUT2D eigenvalue weighted by molar-refractivity contribution is -0.124. The molecular weight excluding hydrogens is 276 g/mol. The Labute approximate surface area is 123 Å². The summed E-state index contributed by atoms with van der Waals surface area (Å²) < 4.78 is 31.8. The number of amides is 1. The van der Waals surface area contributed by atoms with Gasteiger partial charge in [-0.15, -0.1) is 0 Å². The maximum Gasteiger partial charge on any atom is 0.244 e. The highest BCUT2D eigenvalue weighted by molar-refractivity contribution is 5.95. The van der Waals surface area contributed by atoms with E-state index in [4.69, 9.17) is 4.74 Å². The second-order valence-electron chi connectivity index (χ2n) is 6.78. The van der Waals surface area contributed by atoms with Crippen molar-refractivity contribution >= 4 is 11.6 Å². The second kappa shape index (κ2) is 5.28. The molecule has 1 amide bonds. The molecule has 1 heterocycles. The zero-order valence-electron chi connectivity index (χ0n) is 12.8. The number of hydrogen-bond acceptors (Lipinski definition) is 2. The number of hydrogen-bond donors (Lipinski definition) is 0. The first-order valence-corrected chi connectivity index (χ1v) is 6.99. The van der Waals surface area contributed by atoms with Crippen molar-refractivity contribution in [2.45, 2.75) is 46.1 Å². The Balaban J connectivity index is 2.29. The van der Waals surface area contributed by atoms with Crippen LogP contribution in [0.5, 0.6) is 5.75 Å². The van der Waals surface area contributed by atoms with Gasteiger partial charge in [0.1, 0.15) is 11.4 Å². The summed E-state index contributed by atoms with van der Waals surface area (Å²) in [5, 5.41) is 0. The van der Waals surface area contributed by atoms with E-state index < -0.39 is 17.4 Å². The van der Waals surface area contributed by atoms with E-state index in [1.165, 1.54) is 13.8 Å². The summed E-state index contributed by atoms with van der Waals surface area (Å²) in [6.07, 6.45) is -2.74. The summed E-state index contributed by atoms with van der Waals surface area (Å²) in [6.45, 7) is 6.92. The van der Waals surface area contributed by atoms with Crippen molar-refractivity contribution in [2.75, 3.05) is 11.4 Å². The number of carbonyl (C=O) groups is 1. The SMILES string of the molecule is CC1(C)CN(C(=O)CC(C)(C)C(F)F)c2ccccc2O1. The van der Waals surface area contributed by atoms with Gasteiger partial charge in [-0.2, -0.15) is 0 Å². The van der Waals surface area contributed by atoms with Gasteiger partial charge in [-0.05, 0) is 26.0 Å². The predicted molar refractivity (Wildman–Crippen MR) is 77.9 cm³/mol. The third kappa shape index (κ3) is 3.34. The first-order chi connectivity index (χ1) is 9.62. The molecule has 0 unspecified atom stereocenters. The number of halogens is 2. The van der Waals surface area contributed by atoms with Crippen molar-refractivity contribution in [2.24, 2.45) is 5.41 Å². The van der Waals surface area contributed by atoms with Crippen LogP contribution in [0, 0.1) is 5.41 Å². The Morgan fingerprint density at radius 3 is 2.62 bits per heavy atom. The minimum absolute atomic E-state index is 0.199. The van der Waals surface area contributed by atoms with E-state index >= 15 is 0 Å². The first-order valence-electron chi connectivity index (χ1n) is 6.99. The van der Waals surface area contributed by atoms with Crippen LogP contribution in [-0.2, 0) is 4.79 Å². The summed E-state index contributed by atoms with van der Waals surface area (Å²) in [4.78, 5) is 14.1. The fourth-order valence-corrected chi connectivity index (χ4v) is 2.35. The van der Waals surface area contributed by atoms with Crippen LogP contribution in [0.15, 0.2) is 24.3 Å². The molecule has 0 radical (unpaired) electrons. The molecule has 0 N–H and O–H groups in total. The zero-order chi connectivity index (χ0) is 15.8. The Kier molecular flexibility index (Phi) is 3.95. The van der Waals surface area contributed by atoms with E-state index in [-0.39, 0.29) is 12.3 Å². The number of para-hydroxylation sites is 2. The molecule has 1 aromatic rings. The number of carbonyl (C=O) groups excluding carboxylic acids is 1. The topological polar surface area (TPSA) is 29.5 Å². The molecule has 116 valence electrons. The summed E-state index contributed by atoms with van der Waals surface area (Å²) in [7, 11) is 0. The number of fused-ring (bicyclic) bond motifs is 1. The van der Waals surface area contributed by atoms with Gasteiger partial charge in [0.15, 0.2) is 0 Å². The lowest BCUT2D eigenvalue weighted by Gasteiger charge is -2.40. The molecule has 3 nitrogen and oxygen atoms in total. The van der Waals surface area contributed by atoms with E-state index in [1.807, 2.05) is 19.9 Å². The number of rotatable bonds is 3. The van der Waals surface area contributed by atoms with Crippen molar-refractivity contribution in [1.29, 1.82) is 0 Å². The Morgan fingerprint density at radius 2 is 2.00 bits per heavy atom. The molecule has 1 aromatic carbocycles. The second-order valence-corrected chi connectivity index (χ2v) is 6.78. The number of benzene rings is 1. The van der Waals surface area contributed by atoms with Crippen molar-refractivity contribution in [3.05, 3.63) is 24.3 Å². The van der Waals surface area contributed by atoms with Gasteiger partial charge >= 0.3 is 0 Å². The van der Waals surface area contributed by atoms with Crippen molar-refractivity contribution in [1.82, 2.24) is 0 Å². The van der Waals surface area contributed by atoms with E-state index in [0.717, 1.165) is 0 Å². The molecule has 0 spiro atoms. The Morgan fingerprint density at radius 1 is 1.38 bits per heavy atom. The molecule has 2 rings (SSSR count). The van der Waals surface area contributed by atoms with Gasteiger partial charge in [-0.25, -0.2) is 8.78 Å². The zero-order valence-corrected chi connectivity index (χ0v) is 12.8. The van der Waals surface area contributed by atoms with Gasteiger partial charge in [-0.3, -0.25) is 4.79 Å². The largest absolute Gasteiger partial charge is 0.484 e. The average Bonchev–Trinajstić information content (AvgIpc) is 2.35. The Hall–Kier alpha value is -1.65. The number of alkyl halides is 2. The molecule has 5 heteroatoms. The lowest BCUT2D eigenvalue weighted by atomic mass is 9.89. The molecule has 0 saturated heterocycles. The number of nitrogens with zero attached hydrogens (tertiary/aromatic N) is 1. The third-order valence-corrected chi connectivity index (χ3v) is 3.58. The summed E-state index contributed by atoms with van der Waals surface area (Å²) >= 11 is 0. The summed E-state index contributed by atoms with van der Waals surface area (Å²) in [6, 6.07) is 7.19. The van der Waals surface area contributed by atoms with Crippen molar-refractivity contribution in [3.8, 4) is 5.75 Å². The molecule has 0 aromatic heterocycles. The van der Waals surface area contributed by atoms with E-state index in [9.17, 15) is 13.6 Å². The highest BCUT2D eigenvalue weighted by Crippen LogP contribution is 2.38. The number of ether oxygens (including phenoxy) is 1. The van der Waals surface area contributed by atoms with Gasteiger partial charge in [0, 0.05) is 11.8 Å². The summed E-state index contributed by atoms with van der Waals surface area (Å²) in [5.41, 5.74) is -1.24. The molecule has 0 bridgehead atoms. The van der Waals surface area contributed by atoms with E-state index in [0.29, 0.717) is 18.0 Å². The first kappa shape index (κ1) is 15.7. The molecule has 0 fully saturated rings. The highest BCUT2D eigenvalue weighted by Gasteiger charge is 2.39. The monoisotopic (exact) mass is 297 g/mol. The summed E-state index contributed by atoms with van der Waals surface area (Å²) in [5.74, 6) is 0.307. The molecule has 0 saturated carbocycles. The molecule has 0 atom stereocenters. The lowest BCUT2D eigenvalue weighted by Crippen LogP contribution is -2.50. The van der Waals surface area contributed by atoms with Crippen LogP contribution in [0.1, 0.15) is 34.1 Å². The Bertz CT molecular complexity index is 541. The van der Waals surface area contributed by atoms with Crippen LogP contribution >= 0.6 is 0 Å². The molecule has 1 aliphatic rings. The van der Waals surface area contributed by atoms with Crippen LogP contribution in [0.3, 0.4) is 0 Å². The number of anilines is 1. The molecule has 21 heavy (non-hydrogen) atoms. The maximum atomic E-state index is 13.0. The minimum Gasteiger partial charge on any atom is -0.484 e. The van der Waals surface area contributed by atoms with Crippen LogP contribution in [-0.4, -0.2) is 24.5 Å². The van der Waals surface area contributed by atoms with Gasteiger partial charge in [0.05, 0.1) is 12.2 Å². The third-order valence-electron chi connectivity index (χ3n) is 3.58. The van der Waals surface area contributed by atoms with E-state index in [1.54, 1.807) is 23.1 Å². The van der Waals surface area contributed by atoms with Crippen LogP contribution in [0.4, 0.5) is 14.5 Å². The van der Waals surface area contributed by atoms with Crippen molar-refractivity contribution < 1.29 is 18.3 Å². The van der Waals surface area contributed by atoms with Crippen molar-refractivity contribution in [3.63, 3.8) is 0 Å². The van der Waals surface area contributed by atoms with Gasteiger partial charge in [0.25, 0.3) is 0 Å². The minimum atomic E-state index is -2.54. The average molecular weight is 297 g/mol. The van der Waals surface area contributed by atoms with Gasteiger partial charge in [-0.1, -0.05) is 26.0 Å². The van der Waals surface area contributed by atoms with Gasteiger partial charge < -0.3 is 9.64 Å². The van der Waals surface area contributed by atoms with Crippen LogP contribution in [0.25, 0.3) is 0 Å². The predicted octanol–water partition coefficient (Wildman–Crippen LogP) is 3.87. The van der Waals surface area contributed by atoms with E-state index in [2.05, 4.69) is 0 Å². The van der Waals surface area contributed by atoms with Crippen LogP contribution in [0.2, 0.25) is 0 Å². The maximum absolute atomic E-state index is 13.0. The van der Waals surface area contributed by atoms with Gasteiger partial charge in [0.2, 0.25) is 12.3 Å². The molecule has 1 aliphatic heterocycles.